The van der Waals surface area contributed by atoms with Crippen molar-refractivity contribution >= 4 is 11.8 Å². The summed E-state index contributed by atoms with van der Waals surface area (Å²) in [4.78, 5) is 26.6. The molecule has 10 atom stereocenters. The highest BCUT2D eigenvalue weighted by atomic mass is 16.7. The van der Waals surface area contributed by atoms with Gasteiger partial charge in [-0.15, -0.1) is 0 Å². The number of aliphatic hydroxyl groups excluding tert-OH is 2. The Morgan fingerprint density at radius 3 is 2.53 bits per heavy atom. The molecule has 0 aromatic carbocycles. The number of hydrogen-bond donors (Lipinski definition) is 2. The molecule has 8 heteroatoms. The Labute approximate surface area is 197 Å². The smallest absolute Gasteiger partial charge is 0.339 e. The van der Waals surface area contributed by atoms with Crippen LogP contribution in [0.5, 0.6) is 0 Å². The van der Waals surface area contributed by atoms with Crippen LogP contribution in [0.4, 0.5) is 0 Å². The first-order chi connectivity index (χ1) is 16.0. The lowest BCUT2D eigenvalue weighted by atomic mass is 9.34. The van der Waals surface area contributed by atoms with Crippen LogP contribution in [-0.2, 0) is 23.8 Å². The van der Waals surface area contributed by atoms with E-state index < -0.39 is 63.2 Å². The Bertz CT molecular complexity index is 1160. The average Bonchev–Trinajstić information content (AvgIpc) is 3.08. The summed E-state index contributed by atoms with van der Waals surface area (Å²) in [6.07, 6.45) is 3.75. The summed E-state index contributed by atoms with van der Waals surface area (Å²) in [6, 6.07) is 1.79. The number of allylic oxidation sites excluding steroid dienone is 1. The van der Waals surface area contributed by atoms with Crippen molar-refractivity contribution in [2.45, 2.75) is 76.2 Å². The van der Waals surface area contributed by atoms with Crippen LogP contribution in [-0.4, -0.2) is 58.1 Å². The van der Waals surface area contributed by atoms with Gasteiger partial charge in [0.1, 0.15) is 17.1 Å². The highest BCUT2D eigenvalue weighted by molar-refractivity contribution is 6.01. The van der Waals surface area contributed by atoms with E-state index in [-0.39, 0.29) is 18.3 Å². The normalized spacial score (nSPS) is 56.1. The molecule has 5 fully saturated rings. The quantitative estimate of drug-likeness (QED) is 0.473. The second kappa shape index (κ2) is 5.69. The van der Waals surface area contributed by atoms with Crippen molar-refractivity contribution in [3.8, 4) is 0 Å². The highest BCUT2D eigenvalue weighted by Gasteiger charge is 2.92. The molecule has 182 valence electrons. The first kappa shape index (κ1) is 21.3. The van der Waals surface area contributed by atoms with Crippen LogP contribution < -0.4 is 0 Å². The maximum absolute atomic E-state index is 13.5. The summed E-state index contributed by atoms with van der Waals surface area (Å²) in [5, 5.41) is 23.8. The molecule has 1 aromatic rings. The van der Waals surface area contributed by atoms with Gasteiger partial charge in [0.25, 0.3) is 0 Å². The molecular formula is C26H30O8. The highest BCUT2D eigenvalue weighted by Crippen LogP contribution is 2.82. The third-order valence-corrected chi connectivity index (χ3v) is 11.1. The van der Waals surface area contributed by atoms with Gasteiger partial charge in [0, 0.05) is 21.8 Å². The monoisotopic (exact) mass is 470 g/mol. The minimum Gasteiger partial charge on any atom is -0.472 e. The fourth-order valence-electron chi connectivity index (χ4n) is 9.71. The Morgan fingerprint density at radius 2 is 1.82 bits per heavy atom. The number of fused-ring (bicyclic) bond motifs is 1. The number of ether oxygens (including phenoxy) is 3. The third kappa shape index (κ3) is 1.72. The van der Waals surface area contributed by atoms with Crippen molar-refractivity contribution in [2.75, 3.05) is 6.61 Å². The number of furan rings is 1. The second-order valence-corrected chi connectivity index (χ2v) is 12.1. The van der Waals surface area contributed by atoms with Crippen molar-refractivity contribution in [3.63, 3.8) is 0 Å². The second-order valence-electron chi connectivity index (χ2n) is 12.1. The van der Waals surface area contributed by atoms with E-state index in [9.17, 15) is 19.8 Å². The van der Waals surface area contributed by atoms with Gasteiger partial charge in [-0.2, -0.15) is 0 Å². The summed E-state index contributed by atoms with van der Waals surface area (Å²) in [7, 11) is 0. The van der Waals surface area contributed by atoms with Crippen LogP contribution in [0.15, 0.2) is 35.2 Å². The number of ketones is 1. The lowest BCUT2D eigenvalue weighted by Crippen LogP contribution is -2.78. The van der Waals surface area contributed by atoms with Gasteiger partial charge in [-0.3, -0.25) is 4.79 Å². The molecule has 3 aliphatic carbocycles. The third-order valence-electron chi connectivity index (χ3n) is 11.1. The topological polar surface area (TPSA) is 119 Å². The fourth-order valence-corrected chi connectivity index (χ4v) is 9.71. The van der Waals surface area contributed by atoms with E-state index in [1.165, 1.54) is 0 Å². The number of carbonyl (C=O) groups excluding carboxylic acids is 2. The summed E-state index contributed by atoms with van der Waals surface area (Å²) in [5.41, 5.74) is -5.09. The van der Waals surface area contributed by atoms with Crippen LogP contribution in [0.1, 0.15) is 52.2 Å². The Morgan fingerprint density at radius 1 is 1.06 bits per heavy atom. The van der Waals surface area contributed by atoms with Gasteiger partial charge in [-0.1, -0.05) is 19.9 Å². The largest absolute Gasteiger partial charge is 0.472 e. The molecular weight excluding hydrogens is 440 g/mol. The summed E-state index contributed by atoms with van der Waals surface area (Å²) in [5.74, 6) is -0.929. The molecule has 2 saturated carbocycles. The zero-order valence-electron chi connectivity index (χ0n) is 19.7. The number of esters is 1. The van der Waals surface area contributed by atoms with Crippen molar-refractivity contribution in [1.82, 2.24) is 0 Å². The Hall–Kier alpha value is -2.00. The van der Waals surface area contributed by atoms with E-state index in [2.05, 4.69) is 0 Å². The van der Waals surface area contributed by atoms with E-state index in [0.717, 1.165) is 5.56 Å². The van der Waals surface area contributed by atoms with Crippen molar-refractivity contribution in [2.24, 2.45) is 27.6 Å². The standard InChI is InChI=1S/C26H30O8/c1-21(2)25-15(27)6-9-24(25,12-32-21)14-5-8-22(3)18(13-7-10-31-11-13)33-20(30)19-26(22,34-19)23(14,4)16(28)17(25)29/h6-7,9-11,14,16-19,28-29H,5,8,12H2,1-4H3. The van der Waals surface area contributed by atoms with Crippen LogP contribution in [0.2, 0.25) is 0 Å². The molecule has 0 bridgehead atoms. The van der Waals surface area contributed by atoms with E-state index in [0.29, 0.717) is 12.8 Å². The number of epoxide rings is 1. The van der Waals surface area contributed by atoms with Gasteiger partial charge in [-0.05, 0) is 44.7 Å². The van der Waals surface area contributed by atoms with Crippen LogP contribution in [0, 0.1) is 27.6 Å². The van der Waals surface area contributed by atoms with Crippen LogP contribution in [0.25, 0.3) is 0 Å². The molecule has 1 spiro atoms. The maximum Gasteiger partial charge on any atom is 0.339 e. The van der Waals surface area contributed by atoms with Gasteiger partial charge in [0.05, 0.1) is 36.9 Å². The van der Waals surface area contributed by atoms with Gasteiger partial charge in [0.2, 0.25) is 0 Å². The molecule has 2 N–H and O–H groups in total. The number of cyclic esters (lactones) is 1. The van der Waals surface area contributed by atoms with Crippen molar-refractivity contribution < 1.29 is 38.4 Å². The predicted octanol–water partition coefficient (Wildman–Crippen LogP) is 2.09. The molecule has 8 nitrogen and oxygen atoms in total. The Balaban J connectivity index is 1.46. The van der Waals surface area contributed by atoms with Crippen LogP contribution >= 0.6 is 0 Å². The van der Waals surface area contributed by atoms with Gasteiger partial charge in [0.15, 0.2) is 11.9 Å². The molecule has 7 rings (SSSR count). The number of carbonyl (C=O) groups is 2. The fraction of sp³-hybridized carbons (Fsp3) is 0.692. The van der Waals surface area contributed by atoms with Gasteiger partial charge in [-0.25, -0.2) is 4.79 Å². The van der Waals surface area contributed by atoms with Crippen LogP contribution in [0.3, 0.4) is 0 Å². The van der Waals surface area contributed by atoms with Gasteiger partial charge < -0.3 is 28.8 Å². The maximum atomic E-state index is 13.5. The molecule has 3 aliphatic heterocycles. The lowest BCUT2D eigenvalue weighted by molar-refractivity contribution is -0.283. The van der Waals surface area contributed by atoms with Crippen molar-refractivity contribution in [3.05, 3.63) is 36.3 Å². The average molecular weight is 471 g/mol. The predicted molar refractivity (Wildman–Crippen MR) is 115 cm³/mol. The Kier molecular flexibility index (Phi) is 3.57. The van der Waals surface area contributed by atoms with E-state index in [4.69, 9.17) is 18.6 Å². The summed E-state index contributed by atoms with van der Waals surface area (Å²) >= 11 is 0. The number of aliphatic hydroxyl groups is 2. The zero-order valence-corrected chi connectivity index (χ0v) is 19.7. The van der Waals surface area contributed by atoms with E-state index >= 15 is 0 Å². The summed E-state index contributed by atoms with van der Waals surface area (Å²) < 4.78 is 23.8. The minimum atomic E-state index is -1.39. The number of rotatable bonds is 1. The first-order valence-corrected chi connectivity index (χ1v) is 12.1. The molecule has 4 heterocycles. The zero-order chi connectivity index (χ0) is 24.1. The molecule has 1 aromatic heterocycles. The van der Waals surface area contributed by atoms with E-state index in [1.54, 1.807) is 24.7 Å². The molecule has 0 radical (unpaired) electrons. The lowest BCUT2D eigenvalue weighted by Gasteiger charge is -2.68. The molecule has 6 aliphatic rings. The van der Waals surface area contributed by atoms with Crippen molar-refractivity contribution in [1.29, 1.82) is 0 Å². The van der Waals surface area contributed by atoms with Gasteiger partial charge >= 0.3 is 5.97 Å². The minimum absolute atomic E-state index is 0.206. The summed E-state index contributed by atoms with van der Waals surface area (Å²) in [6.45, 7) is 7.88. The SMILES string of the molecule is CC1(C)OCC23C=CC(=O)C12C(O)C(O)C1(C)C3CCC2(C)C(c3ccoc3)OC(=O)C3OC321. The first-order valence-electron chi connectivity index (χ1n) is 12.1. The number of hydrogen-bond acceptors (Lipinski definition) is 8. The molecule has 34 heavy (non-hydrogen) atoms. The van der Waals surface area contributed by atoms with E-state index in [1.807, 2.05) is 33.8 Å². The molecule has 0 amide bonds. The molecule has 10 unspecified atom stereocenters. The molecule has 3 saturated heterocycles.